The third-order valence-electron chi connectivity index (χ3n) is 6.07. The molecule has 0 atom stereocenters. The highest BCUT2D eigenvalue weighted by atomic mass is 16.4. The highest BCUT2D eigenvalue weighted by Gasteiger charge is 2.49. The fourth-order valence-corrected chi connectivity index (χ4v) is 3.66. The van der Waals surface area contributed by atoms with Crippen LogP contribution in [0, 0.1) is 10.8 Å². The van der Waals surface area contributed by atoms with Crippen LogP contribution in [0.15, 0.2) is 12.1 Å². The Morgan fingerprint density at radius 3 is 2.21 bits per heavy atom. The van der Waals surface area contributed by atoms with Gasteiger partial charge in [0.15, 0.2) is 11.5 Å². The smallest absolute Gasteiger partial charge is 0.309 e. The molecule has 1 aliphatic rings. The fraction of sp³-hybridized carbons (Fsp3) is 0.636. The maximum absolute atomic E-state index is 11.3. The SMILES string of the molecule is CC(C)(CCCCc1ccc(O)c(O)c1CCCCC1(C(=O)O)CC1)C(=O)O. The van der Waals surface area contributed by atoms with E-state index in [1.165, 1.54) is 6.07 Å². The molecular formula is C22H32O6. The van der Waals surface area contributed by atoms with Crippen molar-refractivity contribution in [1.82, 2.24) is 0 Å². The van der Waals surface area contributed by atoms with E-state index in [2.05, 4.69) is 0 Å². The number of phenolic OH excluding ortho intramolecular Hbond substituents is 2. The number of hydrogen-bond donors (Lipinski definition) is 4. The first-order valence-electron chi connectivity index (χ1n) is 10.1. The fourth-order valence-electron chi connectivity index (χ4n) is 3.66. The van der Waals surface area contributed by atoms with E-state index in [1.54, 1.807) is 13.8 Å². The van der Waals surface area contributed by atoms with Gasteiger partial charge in [-0.3, -0.25) is 9.59 Å². The van der Waals surface area contributed by atoms with Gasteiger partial charge in [0.1, 0.15) is 0 Å². The highest BCUT2D eigenvalue weighted by molar-refractivity contribution is 5.77. The van der Waals surface area contributed by atoms with E-state index in [0.717, 1.165) is 49.7 Å². The standard InChI is InChI=1S/C22H32O6/c1-21(2,19(25)26)11-5-3-7-15-9-10-17(23)18(24)16(15)8-4-6-12-22(13-14-22)20(27)28/h9-10,23-24H,3-8,11-14H2,1-2H3,(H,25,26)(H,27,28). The third kappa shape index (κ3) is 5.40. The Balaban J connectivity index is 1.89. The van der Waals surface area contributed by atoms with Gasteiger partial charge in [-0.1, -0.05) is 18.9 Å². The van der Waals surface area contributed by atoms with E-state index in [1.807, 2.05) is 6.07 Å². The number of phenols is 2. The first-order valence-corrected chi connectivity index (χ1v) is 10.1. The maximum Gasteiger partial charge on any atom is 0.309 e. The van der Waals surface area contributed by atoms with Crippen molar-refractivity contribution in [3.63, 3.8) is 0 Å². The van der Waals surface area contributed by atoms with Crippen LogP contribution in [-0.4, -0.2) is 32.4 Å². The summed E-state index contributed by atoms with van der Waals surface area (Å²) in [5.41, 5.74) is 0.407. The van der Waals surface area contributed by atoms with Crippen molar-refractivity contribution >= 4 is 11.9 Å². The lowest BCUT2D eigenvalue weighted by Gasteiger charge is -2.19. The second-order valence-corrected chi connectivity index (χ2v) is 8.76. The van der Waals surface area contributed by atoms with Crippen LogP contribution < -0.4 is 0 Å². The molecular weight excluding hydrogens is 360 g/mol. The van der Waals surface area contributed by atoms with Crippen molar-refractivity contribution in [3.05, 3.63) is 23.3 Å². The molecule has 156 valence electrons. The Bertz CT molecular complexity index is 718. The molecule has 0 spiro atoms. The van der Waals surface area contributed by atoms with E-state index in [4.69, 9.17) is 0 Å². The second kappa shape index (κ2) is 8.84. The normalized spacial score (nSPS) is 15.4. The monoisotopic (exact) mass is 392 g/mol. The molecule has 1 aromatic rings. The van der Waals surface area contributed by atoms with Crippen LogP contribution in [0.25, 0.3) is 0 Å². The molecule has 1 aromatic carbocycles. The molecule has 0 amide bonds. The van der Waals surface area contributed by atoms with Crippen LogP contribution in [0.1, 0.15) is 76.3 Å². The van der Waals surface area contributed by atoms with E-state index < -0.39 is 22.8 Å². The maximum atomic E-state index is 11.3. The molecule has 0 unspecified atom stereocenters. The minimum Gasteiger partial charge on any atom is -0.504 e. The number of aliphatic carboxylic acids is 2. The Hall–Kier alpha value is -2.24. The summed E-state index contributed by atoms with van der Waals surface area (Å²) in [5.74, 6) is -1.75. The Morgan fingerprint density at radius 1 is 1.00 bits per heavy atom. The Labute approximate surface area is 166 Å². The molecule has 6 nitrogen and oxygen atoms in total. The zero-order chi connectivity index (χ0) is 20.9. The van der Waals surface area contributed by atoms with Crippen molar-refractivity contribution in [2.45, 2.75) is 78.1 Å². The first-order chi connectivity index (χ1) is 13.1. The van der Waals surface area contributed by atoms with Gasteiger partial charge < -0.3 is 20.4 Å². The quantitative estimate of drug-likeness (QED) is 0.307. The van der Waals surface area contributed by atoms with Crippen LogP contribution >= 0.6 is 0 Å². The Kier molecular flexibility index (Phi) is 6.96. The number of carbonyl (C=O) groups is 2. The highest BCUT2D eigenvalue weighted by Crippen LogP contribution is 2.50. The van der Waals surface area contributed by atoms with E-state index >= 15 is 0 Å². The number of hydrogen-bond acceptors (Lipinski definition) is 4. The number of carboxylic acid groups (broad SMARTS) is 2. The summed E-state index contributed by atoms with van der Waals surface area (Å²) in [5, 5.41) is 38.5. The number of rotatable bonds is 12. The number of aromatic hydroxyl groups is 2. The summed E-state index contributed by atoms with van der Waals surface area (Å²) < 4.78 is 0. The zero-order valence-corrected chi connectivity index (χ0v) is 16.8. The molecule has 0 bridgehead atoms. The number of aryl methyl sites for hydroxylation is 1. The van der Waals surface area contributed by atoms with Gasteiger partial charge in [-0.2, -0.15) is 0 Å². The van der Waals surface area contributed by atoms with Crippen LogP contribution in [0.4, 0.5) is 0 Å². The summed E-state index contributed by atoms with van der Waals surface area (Å²) in [6, 6.07) is 3.30. The summed E-state index contributed by atoms with van der Waals surface area (Å²) in [6.45, 7) is 3.44. The van der Waals surface area contributed by atoms with Crippen molar-refractivity contribution in [2.75, 3.05) is 0 Å². The van der Waals surface area contributed by atoms with Crippen molar-refractivity contribution in [3.8, 4) is 11.5 Å². The van der Waals surface area contributed by atoms with Crippen LogP contribution in [0.2, 0.25) is 0 Å². The second-order valence-electron chi connectivity index (χ2n) is 8.76. The molecule has 1 saturated carbocycles. The van der Waals surface area contributed by atoms with Crippen LogP contribution in [0.3, 0.4) is 0 Å². The lowest BCUT2D eigenvalue weighted by Crippen LogP contribution is -2.23. The summed E-state index contributed by atoms with van der Waals surface area (Å²) in [6.07, 6.45) is 7.12. The molecule has 0 radical (unpaired) electrons. The van der Waals surface area contributed by atoms with Crippen molar-refractivity contribution < 1.29 is 30.0 Å². The topological polar surface area (TPSA) is 115 Å². The molecule has 0 aromatic heterocycles. The van der Waals surface area contributed by atoms with Gasteiger partial charge in [0.05, 0.1) is 10.8 Å². The zero-order valence-electron chi connectivity index (χ0n) is 16.8. The molecule has 1 fully saturated rings. The summed E-state index contributed by atoms with van der Waals surface area (Å²) in [7, 11) is 0. The predicted octanol–water partition coefficient (Wildman–Crippen LogP) is 4.50. The molecule has 0 heterocycles. The molecule has 4 N–H and O–H groups in total. The molecule has 0 saturated heterocycles. The number of benzene rings is 1. The predicted molar refractivity (Wildman–Crippen MR) is 106 cm³/mol. The largest absolute Gasteiger partial charge is 0.504 e. The molecule has 6 heteroatoms. The summed E-state index contributed by atoms with van der Waals surface area (Å²) in [4.78, 5) is 22.4. The van der Waals surface area contributed by atoms with E-state index in [-0.39, 0.29) is 11.5 Å². The van der Waals surface area contributed by atoms with E-state index in [9.17, 15) is 30.0 Å². The molecule has 0 aliphatic heterocycles. The molecule has 1 aliphatic carbocycles. The van der Waals surface area contributed by atoms with Gasteiger partial charge in [-0.05, 0) is 76.8 Å². The van der Waals surface area contributed by atoms with Gasteiger partial charge in [-0.25, -0.2) is 0 Å². The average molecular weight is 392 g/mol. The van der Waals surface area contributed by atoms with Gasteiger partial charge in [0.25, 0.3) is 0 Å². The van der Waals surface area contributed by atoms with Gasteiger partial charge in [0, 0.05) is 5.56 Å². The number of carboxylic acids is 2. The van der Waals surface area contributed by atoms with Crippen molar-refractivity contribution in [2.24, 2.45) is 10.8 Å². The van der Waals surface area contributed by atoms with Gasteiger partial charge >= 0.3 is 11.9 Å². The lowest BCUT2D eigenvalue weighted by molar-refractivity contribution is -0.147. The lowest BCUT2D eigenvalue weighted by atomic mass is 9.86. The molecule has 28 heavy (non-hydrogen) atoms. The van der Waals surface area contributed by atoms with Crippen molar-refractivity contribution in [1.29, 1.82) is 0 Å². The van der Waals surface area contributed by atoms with Gasteiger partial charge in [-0.15, -0.1) is 0 Å². The number of unbranched alkanes of at least 4 members (excludes halogenated alkanes) is 2. The summed E-state index contributed by atoms with van der Waals surface area (Å²) >= 11 is 0. The third-order valence-corrected chi connectivity index (χ3v) is 6.07. The minimum absolute atomic E-state index is 0.0947. The van der Waals surface area contributed by atoms with Crippen LogP contribution in [0.5, 0.6) is 11.5 Å². The minimum atomic E-state index is -0.801. The van der Waals surface area contributed by atoms with Crippen LogP contribution in [-0.2, 0) is 22.4 Å². The first kappa shape index (κ1) is 22.1. The van der Waals surface area contributed by atoms with Gasteiger partial charge in [0.2, 0.25) is 0 Å². The Morgan fingerprint density at radius 2 is 1.64 bits per heavy atom. The van der Waals surface area contributed by atoms with E-state index in [0.29, 0.717) is 25.7 Å². The average Bonchev–Trinajstić information content (AvgIpc) is 3.41. The molecule has 2 rings (SSSR count).